The van der Waals surface area contributed by atoms with E-state index in [0.717, 1.165) is 17.9 Å². The molecule has 0 unspecified atom stereocenters. The second-order valence-electron chi connectivity index (χ2n) is 6.24. The van der Waals surface area contributed by atoms with Crippen molar-refractivity contribution >= 4 is 11.0 Å². The van der Waals surface area contributed by atoms with E-state index in [4.69, 9.17) is 4.42 Å². The number of hydrogen-bond donors (Lipinski definition) is 1. The summed E-state index contributed by atoms with van der Waals surface area (Å²) in [6, 6.07) is 8.51. The summed E-state index contributed by atoms with van der Waals surface area (Å²) in [6.45, 7) is 11.7. The predicted octanol–water partition coefficient (Wildman–Crippen LogP) is 4.44. The largest absolute Gasteiger partial charge is 0.459 e. The van der Waals surface area contributed by atoms with Crippen LogP contribution >= 0.6 is 0 Å². The summed E-state index contributed by atoms with van der Waals surface area (Å²) in [6.07, 6.45) is 0. The number of para-hydroxylation sites is 1. The maximum Gasteiger partial charge on any atom is 0.137 e. The lowest BCUT2D eigenvalue weighted by Crippen LogP contribution is -2.34. The first-order valence-corrected chi connectivity index (χ1v) is 6.63. The standard InChI is InChI=1S/C16H23NO/c1-11(2)14-8-6-7-12-9-13(18-15(12)14)10-17-16(3,4)5/h6-9,11,17H,10H2,1-5H3. The first kappa shape index (κ1) is 13.2. The Morgan fingerprint density at radius 2 is 1.94 bits per heavy atom. The van der Waals surface area contributed by atoms with Gasteiger partial charge in [0.05, 0.1) is 6.54 Å². The second kappa shape index (κ2) is 4.77. The first-order valence-electron chi connectivity index (χ1n) is 6.63. The molecule has 98 valence electrons. The lowest BCUT2D eigenvalue weighted by atomic mass is 10.0. The summed E-state index contributed by atoms with van der Waals surface area (Å²) in [7, 11) is 0. The van der Waals surface area contributed by atoms with Crippen molar-refractivity contribution in [3.63, 3.8) is 0 Å². The van der Waals surface area contributed by atoms with Gasteiger partial charge < -0.3 is 9.73 Å². The van der Waals surface area contributed by atoms with Crippen molar-refractivity contribution in [2.75, 3.05) is 0 Å². The third kappa shape index (κ3) is 2.94. The zero-order valence-corrected chi connectivity index (χ0v) is 12.0. The van der Waals surface area contributed by atoms with Crippen LogP contribution in [0.1, 0.15) is 51.9 Å². The molecule has 0 aliphatic rings. The Labute approximate surface area is 109 Å². The van der Waals surface area contributed by atoms with Crippen LogP contribution < -0.4 is 5.32 Å². The molecule has 0 aliphatic heterocycles. The quantitative estimate of drug-likeness (QED) is 0.864. The van der Waals surface area contributed by atoms with Crippen molar-refractivity contribution in [1.82, 2.24) is 5.32 Å². The van der Waals surface area contributed by atoms with Gasteiger partial charge in [0.15, 0.2) is 0 Å². The summed E-state index contributed by atoms with van der Waals surface area (Å²) in [4.78, 5) is 0. The van der Waals surface area contributed by atoms with E-state index in [-0.39, 0.29) is 5.54 Å². The fourth-order valence-electron chi connectivity index (χ4n) is 2.03. The van der Waals surface area contributed by atoms with E-state index < -0.39 is 0 Å². The SMILES string of the molecule is CC(C)c1cccc2cc(CNC(C)(C)C)oc12. The van der Waals surface area contributed by atoms with E-state index in [1.807, 2.05) is 0 Å². The lowest BCUT2D eigenvalue weighted by molar-refractivity contribution is 0.394. The fraction of sp³-hybridized carbons (Fsp3) is 0.500. The van der Waals surface area contributed by atoms with Crippen LogP contribution in [-0.2, 0) is 6.54 Å². The fourth-order valence-corrected chi connectivity index (χ4v) is 2.03. The van der Waals surface area contributed by atoms with E-state index >= 15 is 0 Å². The van der Waals surface area contributed by atoms with Gasteiger partial charge in [0.1, 0.15) is 11.3 Å². The third-order valence-electron chi connectivity index (χ3n) is 3.04. The molecule has 1 heterocycles. The van der Waals surface area contributed by atoms with Gasteiger partial charge in [-0.25, -0.2) is 0 Å². The highest BCUT2D eigenvalue weighted by molar-refractivity contribution is 5.81. The Balaban J connectivity index is 2.30. The van der Waals surface area contributed by atoms with Crippen molar-refractivity contribution in [3.8, 4) is 0 Å². The zero-order valence-electron chi connectivity index (χ0n) is 12.0. The molecule has 2 heteroatoms. The number of furan rings is 1. The summed E-state index contributed by atoms with van der Waals surface area (Å²) < 4.78 is 5.99. The topological polar surface area (TPSA) is 25.2 Å². The van der Waals surface area contributed by atoms with Crippen LogP contribution in [0.25, 0.3) is 11.0 Å². The summed E-state index contributed by atoms with van der Waals surface area (Å²) in [5, 5.41) is 4.65. The predicted molar refractivity (Wildman–Crippen MR) is 76.9 cm³/mol. The van der Waals surface area contributed by atoms with Crippen LogP contribution in [0.2, 0.25) is 0 Å². The number of hydrogen-bond acceptors (Lipinski definition) is 2. The molecule has 0 atom stereocenters. The maximum absolute atomic E-state index is 5.99. The van der Waals surface area contributed by atoms with E-state index in [0.29, 0.717) is 5.92 Å². The number of nitrogens with one attached hydrogen (secondary N) is 1. The Hall–Kier alpha value is -1.28. The molecule has 0 amide bonds. The molecule has 2 nitrogen and oxygen atoms in total. The minimum absolute atomic E-state index is 0.111. The van der Waals surface area contributed by atoms with Crippen LogP contribution in [0.3, 0.4) is 0 Å². The van der Waals surface area contributed by atoms with Crippen LogP contribution in [0.15, 0.2) is 28.7 Å². The number of benzene rings is 1. The van der Waals surface area contributed by atoms with Crippen molar-refractivity contribution in [2.24, 2.45) is 0 Å². The van der Waals surface area contributed by atoms with Crippen molar-refractivity contribution < 1.29 is 4.42 Å². The van der Waals surface area contributed by atoms with Gasteiger partial charge in [0, 0.05) is 10.9 Å². The molecule has 18 heavy (non-hydrogen) atoms. The molecule has 2 rings (SSSR count). The normalized spacial score (nSPS) is 12.6. The molecule has 0 fully saturated rings. The molecule has 1 aromatic carbocycles. The van der Waals surface area contributed by atoms with Crippen LogP contribution in [0.4, 0.5) is 0 Å². The number of fused-ring (bicyclic) bond motifs is 1. The highest BCUT2D eigenvalue weighted by Crippen LogP contribution is 2.28. The molecule has 0 radical (unpaired) electrons. The van der Waals surface area contributed by atoms with Crippen molar-refractivity contribution in [3.05, 3.63) is 35.6 Å². The van der Waals surface area contributed by atoms with E-state index in [9.17, 15) is 0 Å². The first-order chi connectivity index (χ1) is 8.37. The molecule has 1 aromatic heterocycles. The maximum atomic E-state index is 5.99. The van der Waals surface area contributed by atoms with Crippen molar-refractivity contribution in [1.29, 1.82) is 0 Å². The summed E-state index contributed by atoms with van der Waals surface area (Å²) in [5.74, 6) is 1.50. The Morgan fingerprint density at radius 1 is 1.22 bits per heavy atom. The van der Waals surface area contributed by atoms with Crippen LogP contribution in [-0.4, -0.2) is 5.54 Å². The van der Waals surface area contributed by atoms with E-state index in [2.05, 4.69) is 64.2 Å². The molecular formula is C16H23NO. The average molecular weight is 245 g/mol. The van der Waals surface area contributed by atoms with E-state index in [1.165, 1.54) is 10.9 Å². The van der Waals surface area contributed by atoms with Gasteiger partial charge in [-0.3, -0.25) is 0 Å². The minimum atomic E-state index is 0.111. The van der Waals surface area contributed by atoms with Gasteiger partial charge in [0.2, 0.25) is 0 Å². The summed E-state index contributed by atoms with van der Waals surface area (Å²) in [5.41, 5.74) is 2.44. The molecular weight excluding hydrogens is 222 g/mol. The smallest absolute Gasteiger partial charge is 0.137 e. The van der Waals surface area contributed by atoms with Crippen LogP contribution in [0, 0.1) is 0 Å². The minimum Gasteiger partial charge on any atom is -0.459 e. The van der Waals surface area contributed by atoms with Gasteiger partial charge in [-0.15, -0.1) is 0 Å². The second-order valence-corrected chi connectivity index (χ2v) is 6.24. The van der Waals surface area contributed by atoms with Gasteiger partial charge in [0.25, 0.3) is 0 Å². The average Bonchev–Trinajstić information content (AvgIpc) is 2.67. The molecule has 0 aliphatic carbocycles. The Bertz CT molecular complexity index is 532. The van der Waals surface area contributed by atoms with Gasteiger partial charge in [-0.05, 0) is 38.3 Å². The van der Waals surface area contributed by atoms with Gasteiger partial charge in [-0.2, -0.15) is 0 Å². The molecule has 0 saturated carbocycles. The molecule has 2 aromatic rings. The van der Waals surface area contributed by atoms with Gasteiger partial charge >= 0.3 is 0 Å². The molecule has 0 saturated heterocycles. The highest BCUT2D eigenvalue weighted by Gasteiger charge is 2.13. The van der Waals surface area contributed by atoms with E-state index in [1.54, 1.807) is 0 Å². The highest BCUT2D eigenvalue weighted by atomic mass is 16.3. The molecule has 0 bridgehead atoms. The zero-order chi connectivity index (χ0) is 13.3. The third-order valence-corrected chi connectivity index (χ3v) is 3.04. The molecule has 0 spiro atoms. The van der Waals surface area contributed by atoms with Crippen LogP contribution in [0.5, 0.6) is 0 Å². The number of rotatable bonds is 3. The molecule has 1 N–H and O–H groups in total. The Kier molecular flexibility index (Phi) is 3.49. The monoisotopic (exact) mass is 245 g/mol. The van der Waals surface area contributed by atoms with Gasteiger partial charge in [-0.1, -0.05) is 32.0 Å². The van der Waals surface area contributed by atoms with Crippen molar-refractivity contribution in [2.45, 2.75) is 52.6 Å². The Morgan fingerprint density at radius 3 is 2.56 bits per heavy atom. The lowest BCUT2D eigenvalue weighted by Gasteiger charge is -2.19. The summed E-state index contributed by atoms with van der Waals surface area (Å²) >= 11 is 0.